The zero-order chi connectivity index (χ0) is 12.4. The van der Waals surface area contributed by atoms with E-state index >= 15 is 0 Å². The fourth-order valence-electron chi connectivity index (χ4n) is 1.56. The van der Waals surface area contributed by atoms with Gasteiger partial charge in [0.1, 0.15) is 5.82 Å². The topological polar surface area (TPSA) is 63.3 Å². The third-order valence-corrected chi connectivity index (χ3v) is 2.44. The Morgan fingerprint density at radius 3 is 2.47 bits per heavy atom. The summed E-state index contributed by atoms with van der Waals surface area (Å²) in [6, 6.07) is 10.7. The Morgan fingerprint density at radius 1 is 1.12 bits per heavy atom. The second-order valence-electron chi connectivity index (χ2n) is 3.62. The summed E-state index contributed by atoms with van der Waals surface area (Å²) in [5, 5.41) is 8.87. The summed E-state index contributed by atoms with van der Waals surface area (Å²) >= 11 is 0. The summed E-state index contributed by atoms with van der Waals surface area (Å²) in [4.78, 5) is 10.8. The number of hydrogen-bond acceptors (Lipinski definition) is 2. The number of carboxylic acids is 1. The molecule has 0 heterocycles. The van der Waals surface area contributed by atoms with Crippen LogP contribution in [0.25, 0.3) is 11.1 Å². The van der Waals surface area contributed by atoms with Crippen molar-refractivity contribution in [2.24, 2.45) is 0 Å². The third kappa shape index (κ3) is 2.25. The van der Waals surface area contributed by atoms with Crippen LogP contribution in [0, 0.1) is 5.82 Å². The van der Waals surface area contributed by atoms with E-state index in [1.54, 1.807) is 18.2 Å². The Bertz CT molecular complexity index is 581. The molecule has 4 heteroatoms. The summed E-state index contributed by atoms with van der Waals surface area (Å²) in [7, 11) is 0. The van der Waals surface area contributed by atoms with Crippen LogP contribution in [0.5, 0.6) is 0 Å². The molecule has 0 aromatic heterocycles. The van der Waals surface area contributed by atoms with Gasteiger partial charge in [0, 0.05) is 0 Å². The van der Waals surface area contributed by atoms with Crippen LogP contribution in [0.15, 0.2) is 42.5 Å². The molecule has 0 fully saturated rings. The van der Waals surface area contributed by atoms with E-state index < -0.39 is 11.8 Å². The molecule has 0 saturated carbocycles. The Kier molecular flexibility index (Phi) is 2.78. The molecule has 2 aromatic carbocycles. The highest BCUT2D eigenvalue weighted by molar-refractivity contribution is 5.89. The highest BCUT2D eigenvalue weighted by Gasteiger charge is 2.06. The molecule has 3 N–H and O–H groups in total. The Hall–Kier alpha value is -2.36. The first kappa shape index (κ1) is 11.1. The van der Waals surface area contributed by atoms with Crippen molar-refractivity contribution in [3.05, 3.63) is 53.8 Å². The summed E-state index contributed by atoms with van der Waals surface area (Å²) in [5.74, 6) is -1.48. The van der Waals surface area contributed by atoms with E-state index in [2.05, 4.69) is 0 Å². The lowest BCUT2D eigenvalue weighted by Gasteiger charge is -2.04. The number of rotatable bonds is 2. The molecule has 0 aliphatic heterocycles. The van der Waals surface area contributed by atoms with E-state index in [4.69, 9.17) is 10.8 Å². The van der Waals surface area contributed by atoms with Gasteiger partial charge in [-0.15, -0.1) is 0 Å². The second kappa shape index (κ2) is 4.25. The van der Waals surface area contributed by atoms with Crippen molar-refractivity contribution in [2.75, 3.05) is 5.73 Å². The number of carboxylic acid groups (broad SMARTS) is 1. The van der Waals surface area contributed by atoms with Crippen molar-refractivity contribution < 1.29 is 14.3 Å². The van der Waals surface area contributed by atoms with Gasteiger partial charge in [0.25, 0.3) is 0 Å². The van der Waals surface area contributed by atoms with Gasteiger partial charge in [0.2, 0.25) is 0 Å². The van der Waals surface area contributed by atoms with Crippen LogP contribution in [-0.2, 0) is 0 Å². The molecule has 17 heavy (non-hydrogen) atoms. The monoisotopic (exact) mass is 231 g/mol. The molecule has 0 atom stereocenters. The summed E-state index contributed by atoms with van der Waals surface area (Å²) in [6.07, 6.45) is 0. The number of aromatic carboxylic acids is 1. The van der Waals surface area contributed by atoms with Gasteiger partial charge < -0.3 is 10.8 Å². The molecule has 2 rings (SSSR count). The minimum absolute atomic E-state index is 0.0447. The van der Waals surface area contributed by atoms with E-state index in [1.807, 2.05) is 0 Å². The maximum Gasteiger partial charge on any atom is 0.335 e. The molecule has 0 amide bonds. The van der Waals surface area contributed by atoms with Crippen LogP contribution in [0.4, 0.5) is 10.1 Å². The van der Waals surface area contributed by atoms with Crippen molar-refractivity contribution in [3.8, 4) is 11.1 Å². The minimum Gasteiger partial charge on any atom is -0.478 e. The van der Waals surface area contributed by atoms with Gasteiger partial charge in [-0.25, -0.2) is 9.18 Å². The van der Waals surface area contributed by atoms with Crippen LogP contribution in [0.1, 0.15) is 10.4 Å². The molecular weight excluding hydrogens is 221 g/mol. The number of carbonyl (C=O) groups is 1. The Labute approximate surface area is 97.3 Å². The lowest BCUT2D eigenvalue weighted by atomic mass is 10.0. The van der Waals surface area contributed by atoms with Crippen molar-refractivity contribution >= 4 is 11.7 Å². The molecule has 0 bridgehead atoms. The molecule has 0 spiro atoms. The number of nitrogens with two attached hydrogens (primary N) is 1. The SMILES string of the molecule is Nc1cc(-c2cccc(C(=O)O)c2)ccc1F. The first-order valence-corrected chi connectivity index (χ1v) is 4.96. The zero-order valence-corrected chi connectivity index (χ0v) is 8.85. The molecule has 0 aliphatic carbocycles. The van der Waals surface area contributed by atoms with Gasteiger partial charge in [0.15, 0.2) is 0 Å². The number of benzene rings is 2. The van der Waals surface area contributed by atoms with Gasteiger partial charge in [-0.3, -0.25) is 0 Å². The number of anilines is 1. The van der Waals surface area contributed by atoms with Crippen molar-refractivity contribution in [1.29, 1.82) is 0 Å². The molecule has 0 saturated heterocycles. The largest absolute Gasteiger partial charge is 0.478 e. The summed E-state index contributed by atoms with van der Waals surface area (Å²) < 4.78 is 13.0. The maximum atomic E-state index is 13.0. The average molecular weight is 231 g/mol. The van der Waals surface area contributed by atoms with E-state index in [0.29, 0.717) is 11.1 Å². The predicted molar refractivity (Wildman–Crippen MR) is 63.2 cm³/mol. The lowest BCUT2D eigenvalue weighted by Crippen LogP contribution is -1.96. The molecule has 3 nitrogen and oxygen atoms in total. The predicted octanol–water partition coefficient (Wildman–Crippen LogP) is 2.77. The molecule has 0 aliphatic rings. The number of nitrogen functional groups attached to an aromatic ring is 1. The highest BCUT2D eigenvalue weighted by Crippen LogP contribution is 2.24. The van der Waals surface area contributed by atoms with Crippen LogP contribution in [-0.4, -0.2) is 11.1 Å². The molecule has 0 radical (unpaired) electrons. The lowest BCUT2D eigenvalue weighted by molar-refractivity contribution is 0.0697. The number of hydrogen-bond donors (Lipinski definition) is 2. The fourth-order valence-corrected chi connectivity index (χ4v) is 1.56. The molecular formula is C13H10FNO2. The summed E-state index contributed by atoms with van der Waals surface area (Å²) in [6.45, 7) is 0. The van der Waals surface area contributed by atoms with Gasteiger partial charge in [-0.1, -0.05) is 18.2 Å². The standard InChI is InChI=1S/C13H10FNO2/c14-11-5-4-9(7-12(11)15)8-2-1-3-10(6-8)13(16)17/h1-7H,15H2,(H,16,17). The van der Waals surface area contributed by atoms with Gasteiger partial charge in [-0.2, -0.15) is 0 Å². The normalized spacial score (nSPS) is 10.2. The minimum atomic E-state index is -0.998. The van der Waals surface area contributed by atoms with Crippen LogP contribution < -0.4 is 5.73 Å². The smallest absolute Gasteiger partial charge is 0.335 e. The van der Waals surface area contributed by atoms with Gasteiger partial charge in [0.05, 0.1) is 11.3 Å². The Balaban J connectivity index is 2.49. The zero-order valence-electron chi connectivity index (χ0n) is 8.85. The number of halogens is 1. The van der Waals surface area contributed by atoms with E-state index in [-0.39, 0.29) is 11.3 Å². The molecule has 2 aromatic rings. The fraction of sp³-hybridized carbons (Fsp3) is 0. The summed E-state index contributed by atoms with van der Waals surface area (Å²) in [5.41, 5.74) is 7.07. The maximum absolute atomic E-state index is 13.0. The van der Waals surface area contributed by atoms with Crippen molar-refractivity contribution in [2.45, 2.75) is 0 Å². The van der Waals surface area contributed by atoms with Crippen LogP contribution in [0.3, 0.4) is 0 Å². The van der Waals surface area contributed by atoms with Gasteiger partial charge >= 0.3 is 5.97 Å². The van der Waals surface area contributed by atoms with E-state index in [1.165, 1.54) is 24.3 Å². The first-order valence-electron chi connectivity index (χ1n) is 4.96. The van der Waals surface area contributed by atoms with E-state index in [0.717, 1.165) is 0 Å². The highest BCUT2D eigenvalue weighted by atomic mass is 19.1. The third-order valence-electron chi connectivity index (χ3n) is 2.44. The van der Waals surface area contributed by atoms with E-state index in [9.17, 15) is 9.18 Å². The van der Waals surface area contributed by atoms with Crippen LogP contribution >= 0.6 is 0 Å². The van der Waals surface area contributed by atoms with Gasteiger partial charge in [-0.05, 0) is 35.4 Å². The van der Waals surface area contributed by atoms with Crippen molar-refractivity contribution in [1.82, 2.24) is 0 Å². The first-order chi connectivity index (χ1) is 8.08. The molecule has 86 valence electrons. The Morgan fingerprint density at radius 2 is 1.82 bits per heavy atom. The van der Waals surface area contributed by atoms with Crippen LogP contribution in [0.2, 0.25) is 0 Å². The quantitative estimate of drug-likeness (QED) is 0.781. The average Bonchev–Trinajstić information content (AvgIpc) is 2.33. The van der Waals surface area contributed by atoms with Crippen molar-refractivity contribution in [3.63, 3.8) is 0 Å². The second-order valence-corrected chi connectivity index (χ2v) is 3.62. The molecule has 0 unspecified atom stereocenters.